The van der Waals surface area contributed by atoms with Crippen LogP contribution in [0.15, 0.2) is 115 Å². The van der Waals surface area contributed by atoms with Crippen molar-refractivity contribution in [2.45, 2.75) is 0 Å². The summed E-state index contributed by atoms with van der Waals surface area (Å²) < 4.78 is 15.9. The van der Waals surface area contributed by atoms with Gasteiger partial charge in [0.15, 0.2) is 0 Å². The van der Waals surface area contributed by atoms with Gasteiger partial charge in [-0.1, -0.05) is 55.0 Å². The Hall–Kier alpha value is -5.34. The van der Waals surface area contributed by atoms with Crippen molar-refractivity contribution in [1.29, 1.82) is 0 Å². The fourth-order valence-electron chi connectivity index (χ4n) is 3.82. The van der Waals surface area contributed by atoms with E-state index < -0.39 is 11.9 Å². The quantitative estimate of drug-likeness (QED) is 0.149. The van der Waals surface area contributed by atoms with Crippen molar-refractivity contribution < 1.29 is 23.8 Å². The lowest BCUT2D eigenvalue weighted by atomic mass is 10.0. The maximum atomic E-state index is 12.4. The standard InChI is InChI=1S/C32H20O5/c1-2-35-28-15-12-24(13-16-28)32(34)36-29-17-10-22(11-18-29)25-8-9-27-21-30(19-14-26(27)20-25)37-31(33)23-6-4-3-5-7-23/h1,3-21H. The van der Waals surface area contributed by atoms with Crippen LogP contribution in [0, 0.1) is 12.5 Å². The van der Waals surface area contributed by atoms with E-state index in [2.05, 4.69) is 12.2 Å². The summed E-state index contributed by atoms with van der Waals surface area (Å²) in [6.07, 6.45) is 7.18. The van der Waals surface area contributed by atoms with Gasteiger partial charge >= 0.3 is 11.9 Å². The van der Waals surface area contributed by atoms with Gasteiger partial charge in [0.05, 0.1) is 11.1 Å². The van der Waals surface area contributed by atoms with Crippen LogP contribution < -0.4 is 14.2 Å². The molecular formula is C32H20O5. The summed E-state index contributed by atoms with van der Waals surface area (Å²) in [5, 5.41) is 1.95. The molecule has 0 saturated carbocycles. The number of carbonyl (C=O) groups is 2. The third-order valence-electron chi connectivity index (χ3n) is 5.70. The second kappa shape index (κ2) is 10.5. The van der Waals surface area contributed by atoms with E-state index in [4.69, 9.17) is 20.6 Å². The van der Waals surface area contributed by atoms with Crippen molar-refractivity contribution in [3.05, 3.63) is 126 Å². The average molecular weight is 485 g/mol. The minimum absolute atomic E-state index is 0.386. The molecule has 5 nitrogen and oxygen atoms in total. The lowest BCUT2D eigenvalue weighted by Gasteiger charge is -2.09. The van der Waals surface area contributed by atoms with Gasteiger partial charge in [-0.25, -0.2) is 9.59 Å². The third-order valence-corrected chi connectivity index (χ3v) is 5.70. The molecule has 0 atom stereocenters. The molecule has 5 heteroatoms. The first kappa shape index (κ1) is 23.4. The van der Waals surface area contributed by atoms with Gasteiger partial charge in [-0.3, -0.25) is 0 Å². The number of rotatable bonds is 6. The van der Waals surface area contributed by atoms with E-state index >= 15 is 0 Å². The number of ether oxygens (including phenoxy) is 3. The summed E-state index contributed by atoms with van der Waals surface area (Å²) in [4.78, 5) is 24.8. The molecule has 0 unspecified atom stereocenters. The molecule has 0 aromatic heterocycles. The van der Waals surface area contributed by atoms with E-state index in [9.17, 15) is 9.59 Å². The van der Waals surface area contributed by atoms with Crippen LogP contribution in [-0.4, -0.2) is 11.9 Å². The van der Waals surface area contributed by atoms with E-state index in [0.29, 0.717) is 28.4 Å². The van der Waals surface area contributed by atoms with Crippen LogP contribution in [0.4, 0.5) is 0 Å². The Labute approximate surface area is 213 Å². The van der Waals surface area contributed by atoms with Crippen molar-refractivity contribution in [3.8, 4) is 40.9 Å². The highest BCUT2D eigenvalue weighted by molar-refractivity contribution is 5.93. The molecule has 0 aliphatic carbocycles. The molecule has 0 amide bonds. The fourth-order valence-corrected chi connectivity index (χ4v) is 3.82. The summed E-state index contributed by atoms with van der Waals surface area (Å²) >= 11 is 0. The molecule has 5 rings (SSSR count). The molecule has 0 bridgehead atoms. The first-order valence-electron chi connectivity index (χ1n) is 11.5. The van der Waals surface area contributed by atoms with Gasteiger partial charge in [0.2, 0.25) is 0 Å². The molecular weight excluding hydrogens is 464 g/mol. The first-order valence-corrected chi connectivity index (χ1v) is 11.5. The van der Waals surface area contributed by atoms with Crippen molar-refractivity contribution in [2.24, 2.45) is 0 Å². The average Bonchev–Trinajstić information content (AvgIpc) is 2.94. The number of terminal acetylenes is 1. The Morgan fingerprint density at radius 1 is 0.541 bits per heavy atom. The number of carbonyl (C=O) groups excluding carboxylic acids is 2. The van der Waals surface area contributed by atoms with Crippen molar-refractivity contribution >= 4 is 22.7 Å². The zero-order valence-electron chi connectivity index (χ0n) is 19.6. The Morgan fingerprint density at radius 3 is 1.78 bits per heavy atom. The maximum Gasteiger partial charge on any atom is 0.343 e. The van der Waals surface area contributed by atoms with Gasteiger partial charge in [-0.15, -0.1) is 0 Å². The van der Waals surface area contributed by atoms with Gasteiger partial charge in [-0.2, -0.15) is 0 Å². The highest BCUT2D eigenvalue weighted by Crippen LogP contribution is 2.29. The number of hydrogen-bond acceptors (Lipinski definition) is 5. The molecule has 0 fully saturated rings. The van der Waals surface area contributed by atoms with E-state index in [-0.39, 0.29) is 0 Å². The number of hydrogen-bond donors (Lipinski definition) is 0. The van der Waals surface area contributed by atoms with Gasteiger partial charge in [0.1, 0.15) is 23.4 Å². The van der Waals surface area contributed by atoms with Crippen LogP contribution in [0.5, 0.6) is 17.2 Å². The predicted octanol–water partition coefficient (Wildman–Crippen LogP) is 6.91. The minimum atomic E-state index is -0.477. The zero-order valence-corrected chi connectivity index (χ0v) is 19.6. The Kier molecular flexibility index (Phi) is 6.65. The normalized spacial score (nSPS) is 10.4. The van der Waals surface area contributed by atoms with Crippen LogP contribution in [0.2, 0.25) is 0 Å². The smallest absolute Gasteiger partial charge is 0.343 e. The molecule has 0 radical (unpaired) electrons. The van der Waals surface area contributed by atoms with E-state index in [1.54, 1.807) is 66.7 Å². The Balaban J connectivity index is 1.27. The second-order valence-electron chi connectivity index (χ2n) is 8.14. The lowest BCUT2D eigenvalue weighted by Crippen LogP contribution is -2.08. The molecule has 5 aromatic rings. The molecule has 0 heterocycles. The molecule has 5 aromatic carbocycles. The van der Waals surface area contributed by atoms with Gasteiger partial charge in [-0.05, 0) is 88.6 Å². The summed E-state index contributed by atoms with van der Waals surface area (Å²) in [5.41, 5.74) is 2.86. The minimum Gasteiger partial charge on any atom is -0.423 e. The predicted molar refractivity (Wildman–Crippen MR) is 142 cm³/mol. The Bertz CT molecular complexity index is 1610. The SMILES string of the molecule is C#COc1ccc(C(=O)Oc2ccc(-c3ccc4cc(OC(=O)c5ccccc5)ccc4c3)cc2)cc1. The molecule has 0 spiro atoms. The van der Waals surface area contributed by atoms with Gasteiger partial charge in [0.25, 0.3) is 0 Å². The van der Waals surface area contributed by atoms with E-state index in [0.717, 1.165) is 21.9 Å². The van der Waals surface area contributed by atoms with Gasteiger partial charge in [0, 0.05) is 0 Å². The highest BCUT2D eigenvalue weighted by Gasteiger charge is 2.11. The van der Waals surface area contributed by atoms with E-state index in [1.165, 1.54) is 0 Å². The largest absolute Gasteiger partial charge is 0.423 e. The fraction of sp³-hybridized carbons (Fsp3) is 0. The van der Waals surface area contributed by atoms with Crippen LogP contribution in [0.25, 0.3) is 21.9 Å². The number of benzene rings is 5. The Morgan fingerprint density at radius 2 is 1.08 bits per heavy atom. The van der Waals surface area contributed by atoms with Crippen molar-refractivity contribution in [1.82, 2.24) is 0 Å². The van der Waals surface area contributed by atoms with Crippen LogP contribution in [-0.2, 0) is 0 Å². The topological polar surface area (TPSA) is 61.8 Å². The first-order chi connectivity index (χ1) is 18.1. The molecule has 37 heavy (non-hydrogen) atoms. The highest BCUT2D eigenvalue weighted by atomic mass is 16.5. The molecule has 0 aliphatic heterocycles. The molecule has 178 valence electrons. The van der Waals surface area contributed by atoms with Crippen LogP contribution in [0.3, 0.4) is 0 Å². The van der Waals surface area contributed by atoms with Crippen molar-refractivity contribution in [3.63, 3.8) is 0 Å². The summed E-state index contributed by atoms with van der Waals surface area (Å²) in [7, 11) is 0. The van der Waals surface area contributed by atoms with E-state index in [1.807, 2.05) is 42.5 Å². The monoisotopic (exact) mass is 484 g/mol. The summed E-state index contributed by atoms with van der Waals surface area (Å²) in [6, 6.07) is 34.1. The molecule has 0 saturated heterocycles. The molecule has 0 aliphatic rings. The second-order valence-corrected chi connectivity index (χ2v) is 8.14. The summed E-state index contributed by atoms with van der Waals surface area (Å²) in [5.74, 6) is 0.520. The maximum absolute atomic E-state index is 12.4. The number of esters is 2. The molecule has 0 N–H and O–H groups in total. The summed E-state index contributed by atoms with van der Waals surface area (Å²) in [6.45, 7) is 0. The third kappa shape index (κ3) is 5.50. The lowest BCUT2D eigenvalue weighted by molar-refractivity contribution is 0.0725. The van der Waals surface area contributed by atoms with Gasteiger partial charge < -0.3 is 14.2 Å². The van der Waals surface area contributed by atoms with Crippen molar-refractivity contribution in [2.75, 3.05) is 0 Å². The number of fused-ring (bicyclic) bond motifs is 1. The van der Waals surface area contributed by atoms with Crippen LogP contribution >= 0.6 is 0 Å². The van der Waals surface area contributed by atoms with Crippen LogP contribution in [0.1, 0.15) is 20.7 Å². The zero-order chi connectivity index (χ0) is 25.6.